The zero-order valence-corrected chi connectivity index (χ0v) is 13.5. The van der Waals surface area contributed by atoms with Crippen LogP contribution in [0.15, 0.2) is 42.5 Å². The Morgan fingerprint density at radius 2 is 1.92 bits per heavy atom. The van der Waals surface area contributed by atoms with Crippen LogP contribution in [-0.4, -0.2) is 42.4 Å². The van der Waals surface area contributed by atoms with Crippen LogP contribution >= 0.6 is 0 Å². The van der Waals surface area contributed by atoms with Gasteiger partial charge in [-0.3, -0.25) is 4.90 Å². The van der Waals surface area contributed by atoms with Crippen molar-refractivity contribution < 1.29 is 19.3 Å². The first kappa shape index (κ1) is 15.3. The quantitative estimate of drug-likeness (QED) is 0.937. The van der Waals surface area contributed by atoms with Gasteiger partial charge in [0.15, 0.2) is 11.5 Å². The molecule has 0 amide bonds. The standard InChI is InChI=1S/C19H21NO4/c21-12-14-5-6-17-15(9-14)10-20(7-8-22-17)11-16-13-23-18-3-1-2-4-19(18)24-16/h1-6,9,16,21H,7-8,10-13H2/t16-/m0/s1. The Bertz CT molecular complexity index is 718. The van der Waals surface area contributed by atoms with Crippen LogP contribution in [0.5, 0.6) is 17.2 Å². The van der Waals surface area contributed by atoms with E-state index >= 15 is 0 Å². The van der Waals surface area contributed by atoms with Gasteiger partial charge in [0.05, 0.1) is 6.61 Å². The highest BCUT2D eigenvalue weighted by Crippen LogP contribution is 2.31. The first-order valence-electron chi connectivity index (χ1n) is 8.28. The predicted octanol–water partition coefficient (Wildman–Crippen LogP) is 2.21. The molecule has 2 aromatic rings. The van der Waals surface area contributed by atoms with Gasteiger partial charge in [0.25, 0.3) is 0 Å². The maximum absolute atomic E-state index is 9.34. The topological polar surface area (TPSA) is 51.2 Å². The molecule has 0 saturated carbocycles. The highest BCUT2D eigenvalue weighted by molar-refractivity contribution is 5.41. The van der Waals surface area contributed by atoms with Crippen molar-refractivity contribution in [1.82, 2.24) is 4.90 Å². The molecule has 2 aliphatic rings. The van der Waals surface area contributed by atoms with Gasteiger partial charge in [0, 0.05) is 25.2 Å². The largest absolute Gasteiger partial charge is 0.492 e. The molecule has 0 aliphatic carbocycles. The Morgan fingerprint density at radius 1 is 1.04 bits per heavy atom. The van der Waals surface area contributed by atoms with E-state index in [-0.39, 0.29) is 12.7 Å². The minimum absolute atomic E-state index is 0.00229. The van der Waals surface area contributed by atoms with Crippen LogP contribution in [0.1, 0.15) is 11.1 Å². The molecule has 0 saturated heterocycles. The summed E-state index contributed by atoms with van der Waals surface area (Å²) >= 11 is 0. The smallest absolute Gasteiger partial charge is 0.161 e. The average Bonchev–Trinajstić information content (AvgIpc) is 2.82. The molecule has 24 heavy (non-hydrogen) atoms. The fourth-order valence-corrected chi connectivity index (χ4v) is 3.20. The molecule has 5 heteroatoms. The maximum Gasteiger partial charge on any atom is 0.161 e. The maximum atomic E-state index is 9.34. The van der Waals surface area contributed by atoms with Crippen LogP contribution in [0, 0.1) is 0 Å². The Labute approximate surface area is 141 Å². The SMILES string of the molecule is OCc1ccc2c(c1)CN(C[C@H]1COc3ccccc3O1)CCO2. The Hall–Kier alpha value is -2.24. The number of para-hydroxylation sites is 2. The van der Waals surface area contributed by atoms with E-state index in [9.17, 15) is 5.11 Å². The number of nitrogens with zero attached hydrogens (tertiary/aromatic N) is 1. The van der Waals surface area contributed by atoms with Crippen LogP contribution < -0.4 is 14.2 Å². The van der Waals surface area contributed by atoms with Crippen LogP contribution in [0.3, 0.4) is 0 Å². The fourth-order valence-electron chi connectivity index (χ4n) is 3.20. The van der Waals surface area contributed by atoms with Crippen molar-refractivity contribution >= 4 is 0 Å². The van der Waals surface area contributed by atoms with Gasteiger partial charge < -0.3 is 19.3 Å². The first-order chi connectivity index (χ1) is 11.8. The zero-order valence-electron chi connectivity index (χ0n) is 13.5. The molecule has 2 aliphatic heterocycles. The summed E-state index contributed by atoms with van der Waals surface area (Å²) in [6.07, 6.45) is 0.00229. The highest BCUT2D eigenvalue weighted by atomic mass is 16.6. The molecule has 0 bridgehead atoms. The third-order valence-electron chi connectivity index (χ3n) is 4.40. The Balaban J connectivity index is 1.45. The van der Waals surface area contributed by atoms with Gasteiger partial charge in [-0.05, 0) is 29.8 Å². The van der Waals surface area contributed by atoms with Gasteiger partial charge >= 0.3 is 0 Å². The number of ether oxygens (including phenoxy) is 3. The normalized spacial score (nSPS) is 20.0. The number of hydrogen-bond acceptors (Lipinski definition) is 5. The van der Waals surface area contributed by atoms with Crippen LogP contribution in [-0.2, 0) is 13.2 Å². The van der Waals surface area contributed by atoms with E-state index in [1.807, 2.05) is 42.5 Å². The second-order valence-electron chi connectivity index (χ2n) is 6.18. The number of aliphatic hydroxyl groups excluding tert-OH is 1. The molecule has 1 N–H and O–H groups in total. The molecule has 2 aromatic carbocycles. The average molecular weight is 327 g/mol. The summed E-state index contributed by atoms with van der Waals surface area (Å²) in [5.74, 6) is 2.52. The fraction of sp³-hybridized carbons (Fsp3) is 0.368. The first-order valence-corrected chi connectivity index (χ1v) is 8.28. The van der Waals surface area contributed by atoms with Crippen molar-refractivity contribution in [2.45, 2.75) is 19.3 Å². The van der Waals surface area contributed by atoms with E-state index in [1.54, 1.807) is 0 Å². The molecule has 0 unspecified atom stereocenters. The lowest BCUT2D eigenvalue weighted by molar-refractivity contribution is 0.0550. The number of fused-ring (bicyclic) bond motifs is 2. The second-order valence-corrected chi connectivity index (χ2v) is 6.18. The second kappa shape index (κ2) is 6.71. The van der Waals surface area contributed by atoms with E-state index in [0.29, 0.717) is 13.2 Å². The number of hydrogen-bond donors (Lipinski definition) is 1. The van der Waals surface area contributed by atoms with Gasteiger partial charge in [-0.15, -0.1) is 0 Å². The Kier molecular flexibility index (Phi) is 4.28. The summed E-state index contributed by atoms with van der Waals surface area (Å²) in [5.41, 5.74) is 2.02. The van der Waals surface area contributed by atoms with Gasteiger partial charge in [-0.1, -0.05) is 18.2 Å². The van der Waals surface area contributed by atoms with Crippen LogP contribution in [0.25, 0.3) is 0 Å². The van der Waals surface area contributed by atoms with Crippen molar-refractivity contribution in [1.29, 1.82) is 0 Å². The van der Waals surface area contributed by atoms with Crippen LogP contribution in [0.2, 0.25) is 0 Å². The van der Waals surface area contributed by atoms with E-state index in [0.717, 1.165) is 48.0 Å². The van der Waals surface area contributed by atoms with Gasteiger partial charge in [-0.2, -0.15) is 0 Å². The van der Waals surface area contributed by atoms with Crippen molar-refractivity contribution in [3.8, 4) is 17.2 Å². The third kappa shape index (κ3) is 3.18. The summed E-state index contributed by atoms with van der Waals surface area (Å²) in [7, 11) is 0. The summed E-state index contributed by atoms with van der Waals surface area (Å²) < 4.78 is 17.7. The van der Waals surface area contributed by atoms with Gasteiger partial charge in [0.1, 0.15) is 25.1 Å². The molecule has 2 heterocycles. The number of rotatable bonds is 3. The van der Waals surface area contributed by atoms with Gasteiger partial charge in [-0.25, -0.2) is 0 Å². The zero-order chi connectivity index (χ0) is 16.4. The lowest BCUT2D eigenvalue weighted by Crippen LogP contribution is -2.41. The molecule has 0 spiro atoms. The molecular weight excluding hydrogens is 306 g/mol. The molecule has 0 aromatic heterocycles. The van der Waals surface area contributed by atoms with Crippen LogP contribution in [0.4, 0.5) is 0 Å². The van der Waals surface area contributed by atoms with Crippen molar-refractivity contribution in [2.24, 2.45) is 0 Å². The number of benzene rings is 2. The minimum Gasteiger partial charge on any atom is -0.492 e. The summed E-state index contributed by atoms with van der Waals surface area (Å²) in [6.45, 7) is 3.65. The minimum atomic E-state index is 0.00229. The van der Waals surface area contributed by atoms with Gasteiger partial charge in [0.2, 0.25) is 0 Å². The highest BCUT2D eigenvalue weighted by Gasteiger charge is 2.25. The molecule has 0 radical (unpaired) electrons. The summed E-state index contributed by atoms with van der Waals surface area (Å²) in [4.78, 5) is 2.31. The molecule has 0 fully saturated rings. The third-order valence-corrected chi connectivity index (χ3v) is 4.40. The predicted molar refractivity (Wildman–Crippen MR) is 89.5 cm³/mol. The van der Waals surface area contributed by atoms with Crippen molar-refractivity contribution in [3.63, 3.8) is 0 Å². The molecule has 5 nitrogen and oxygen atoms in total. The molecule has 4 rings (SSSR count). The molecule has 1 atom stereocenters. The van der Waals surface area contributed by atoms with E-state index in [2.05, 4.69) is 4.90 Å². The lowest BCUT2D eigenvalue weighted by atomic mass is 10.1. The monoisotopic (exact) mass is 327 g/mol. The Morgan fingerprint density at radius 3 is 2.79 bits per heavy atom. The summed E-state index contributed by atoms with van der Waals surface area (Å²) in [5, 5.41) is 9.34. The lowest BCUT2D eigenvalue weighted by Gasteiger charge is -2.30. The molecule has 126 valence electrons. The number of aliphatic hydroxyl groups is 1. The molecular formula is C19H21NO4. The van der Waals surface area contributed by atoms with E-state index in [4.69, 9.17) is 14.2 Å². The van der Waals surface area contributed by atoms with E-state index in [1.165, 1.54) is 0 Å². The van der Waals surface area contributed by atoms with Crippen molar-refractivity contribution in [3.05, 3.63) is 53.6 Å². The van der Waals surface area contributed by atoms with E-state index < -0.39 is 0 Å². The van der Waals surface area contributed by atoms with Crippen molar-refractivity contribution in [2.75, 3.05) is 26.3 Å². The summed E-state index contributed by atoms with van der Waals surface area (Å²) in [6, 6.07) is 13.6.